The van der Waals surface area contributed by atoms with Crippen molar-refractivity contribution >= 4 is 11.6 Å². The molecule has 2 nitrogen and oxygen atoms in total. The summed E-state index contributed by atoms with van der Waals surface area (Å²) in [6.45, 7) is 1.37. The van der Waals surface area contributed by atoms with E-state index < -0.39 is 5.82 Å². The zero-order valence-electron chi connectivity index (χ0n) is 7.80. The molecule has 1 aromatic rings. The van der Waals surface area contributed by atoms with Crippen LogP contribution in [0, 0.1) is 5.82 Å². The maximum absolute atomic E-state index is 13.3. The molecular weight excluding hydrogens is 205 g/mol. The van der Waals surface area contributed by atoms with Gasteiger partial charge < -0.3 is 10.5 Å². The summed E-state index contributed by atoms with van der Waals surface area (Å²) in [5, 5.41) is 0.130. The van der Waals surface area contributed by atoms with Gasteiger partial charge in [0.2, 0.25) is 0 Å². The number of rotatable bonds is 5. The lowest BCUT2D eigenvalue weighted by atomic mass is 10.2. The third kappa shape index (κ3) is 3.25. The highest BCUT2D eigenvalue weighted by atomic mass is 35.5. The third-order valence-electron chi connectivity index (χ3n) is 1.78. The van der Waals surface area contributed by atoms with Crippen molar-refractivity contribution in [3.05, 3.63) is 34.6 Å². The van der Waals surface area contributed by atoms with Gasteiger partial charge in [-0.1, -0.05) is 23.7 Å². The molecule has 0 saturated carbocycles. The predicted molar refractivity (Wildman–Crippen MR) is 54.7 cm³/mol. The predicted octanol–water partition coefficient (Wildman–Crippen LogP) is 2.34. The van der Waals surface area contributed by atoms with Crippen LogP contribution in [0.15, 0.2) is 18.2 Å². The van der Waals surface area contributed by atoms with Gasteiger partial charge in [0.25, 0.3) is 0 Å². The van der Waals surface area contributed by atoms with Crippen LogP contribution in [-0.4, -0.2) is 13.2 Å². The van der Waals surface area contributed by atoms with Crippen molar-refractivity contribution in [3.63, 3.8) is 0 Å². The molecule has 0 bridgehead atoms. The first-order valence-corrected chi connectivity index (χ1v) is 4.84. The zero-order chi connectivity index (χ0) is 10.4. The maximum atomic E-state index is 13.3. The molecular formula is C10H13ClFNO. The van der Waals surface area contributed by atoms with Gasteiger partial charge in [-0.05, 0) is 19.0 Å². The van der Waals surface area contributed by atoms with Crippen LogP contribution in [-0.2, 0) is 11.3 Å². The second-order valence-corrected chi connectivity index (χ2v) is 3.31. The summed E-state index contributed by atoms with van der Waals surface area (Å²) in [6.07, 6.45) is 0.780. The largest absolute Gasteiger partial charge is 0.377 e. The molecule has 0 fully saturated rings. The van der Waals surface area contributed by atoms with Crippen molar-refractivity contribution in [2.45, 2.75) is 13.0 Å². The quantitative estimate of drug-likeness (QED) is 0.769. The molecule has 14 heavy (non-hydrogen) atoms. The number of halogens is 2. The van der Waals surface area contributed by atoms with Crippen molar-refractivity contribution in [3.8, 4) is 0 Å². The number of ether oxygens (including phenoxy) is 1. The first-order valence-electron chi connectivity index (χ1n) is 4.46. The fourth-order valence-electron chi connectivity index (χ4n) is 1.03. The highest BCUT2D eigenvalue weighted by Gasteiger charge is 2.05. The SMILES string of the molecule is NCCCOCc1cccc(Cl)c1F. The normalized spacial score (nSPS) is 10.5. The molecule has 0 aliphatic rings. The summed E-state index contributed by atoms with van der Waals surface area (Å²) >= 11 is 5.60. The summed E-state index contributed by atoms with van der Waals surface area (Å²) in [5.74, 6) is -0.401. The molecule has 0 heterocycles. The Labute approximate surface area is 87.8 Å². The molecule has 0 aliphatic carbocycles. The van der Waals surface area contributed by atoms with E-state index >= 15 is 0 Å². The Balaban J connectivity index is 2.46. The Bertz CT molecular complexity index is 293. The summed E-state index contributed by atoms with van der Waals surface area (Å²) in [5.41, 5.74) is 5.77. The van der Waals surface area contributed by atoms with Gasteiger partial charge in [-0.25, -0.2) is 4.39 Å². The van der Waals surface area contributed by atoms with E-state index in [0.717, 1.165) is 6.42 Å². The van der Waals surface area contributed by atoms with E-state index in [9.17, 15) is 4.39 Å². The molecule has 1 rings (SSSR count). The topological polar surface area (TPSA) is 35.2 Å². The van der Waals surface area contributed by atoms with E-state index in [4.69, 9.17) is 22.1 Å². The minimum Gasteiger partial charge on any atom is -0.377 e. The number of hydrogen-bond donors (Lipinski definition) is 1. The maximum Gasteiger partial charge on any atom is 0.147 e. The molecule has 0 amide bonds. The van der Waals surface area contributed by atoms with Crippen molar-refractivity contribution in [2.75, 3.05) is 13.2 Å². The molecule has 4 heteroatoms. The minimum absolute atomic E-state index is 0.130. The highest BCUT2D eigenvalue weighted by Crippen LogP contribution is 2.18. The van der Waals surface area contributed by atoms with E-state index in [1.165, 1.54) is 6.07 Å². The van der Waals surface area contributed by atoms with E-state index in [-0.39, 0.29) is 11.6 Å². The van der Waals surface area contributed by atoms with Gasteiger partial charge in [0.05, 0.1) is 11.6 Å². The van der Waals surface area contributed by atoms with E-state index in [1.54, 1.807) is 12.1 Å². The second kappa shape index (κ2) is 5.96. The summed E-state index contributed by atoms with van der Waals surface area (Å²) in [6, 6.07) is 4.87. The van der Waals surface area contributed by atoms with Crippen molar-refractivity contribution in [1.82, 2.24) is 0 Å². The standard InChI is InChI=1S/C10H13ClFNO/c11-9-4-1-3-8(10(9)12)7-14-6-2-5-13/h1,3-4H,2,5-7,13H2. The van der Waals surface area contributed by atoms with Crippen molar-refractivity contribution in [1.29, 1.82) is 0 Å². The van der Waals surface area contributed by atoms with Crippen LogP contribution < -0.4 is 5.73 Å². The second-order valence-electron chi connectivity index (χ2n) is 2.91. The summed E-state index contributed by atoms with van der Waals surface area (Å²) in [7, 11) is 0. The number of benzene rings is 1. The Morgan fingerprint density at radius 1 is 1.43 bits per heavy atom. The van der Waals surface area contributed by atoms with Gasteiger partial charge in [-0.2, -0.15) is 0 Å². The van der Waals surface area contributed by atoms with Crippen LogP contribution >= 0.6 is 11.6 Å². The Morgan fingerprint density at radius 3 is 2.93 bits per heavy atom. The van der Waals surface area contributed by atoms with Gasteiger partial charge in [0, 0.05) is 12.2 Å². The monoisotopic (exact) mass is 217 g/mol. The first-order chi connectivity index (χ1) is 6.75. The molecule has 0 aliphatic heterocycles. The average molecular weight is 218 g/mol. The summed E-state index contributed by atoms with van der Waals surface area (Å²) < 4.78 is 18.5. The fourth-order valence-corrected chi connectivity index (χ4v) is 1.22. The molecule has 2 N–H and O–H groups in total. The average Bonchev–Trinajstić information content (AvgIpc) is 2.19. The van der Waals surface area contributed by atoms with Crippen LogP contribution in [0.4, 0.5) is 4.39 Å². The van der Waals surface area contributed by atoms with Crippen LogP contribution in [0.5, 0.6) is 0 Å². The highest BCUT2D eigenvalue weighted by molar-refractivity contribution is 6.30. The smallest absolute Gasteiger partial charge is 0.147 e. The lowest BCUT2D eigenvalue weighted by Gasteiger charge is -2.05. The molecule has 0 saturated heterocycles. The molecule has 0 spiro atoms. The molecule has 0 aromatic heterocycles. The third-order valence-corrected chi connectivity index (χ3v) is 2.07. The van der Waals surface area contributed by atoms with Crippen LogP contribution in [0.1, 0.15) is 12.0 Å². The van der Waals surface area contributed by atoms with Gasteiger partial charge in [0.1, 0.15) is 5.82 Å². The van der Waals surface area contributed by atoms with E-state index in [1.807, 2.05) is 0 Å². The Kier molecular flexibility index (Phi) is 4.87. The molecule has 78 valence electrons. The van der Waals surface area contributed by atoms with Gasteiger partial charge in [-0.15, -0.1) is 0 Å². The first kappa shape index (κ1) is 11.4. The van der Waals surface area contributed by atoms with Crippen molar-refractivity contribution in [2.24, 2.45) is 5.73 Å². The van der Waals surface area contributed by atoms with Crippen molar-refractivity contribution < 1.29 is 9.13 Å². The molecule has 1 aromatic carbocycles. The van der Waals surface area contributed by atoms with E-state index in [0.29, 0.717) is 18.7 Å². The number of nitrogens with two attached hydrogens (primary N) is 1. The Hall–Kier alpha value is -0.640. The lowest BCUT2D eigenvalue weighted by molar-refractivity contribution is 0.117. The van der Waals surface area contributed by atoms with Gasteiger partial charge in [-0.3, -0.25) is 0 Å². The lowest BCUT2D eigenvalue weighted by Crippen LogP contribution is -2.05. The van der Waals surface area contributed by atoms with Crippen LogP contribution in [0.25, 0.3) is 0 Å². The minimum atomic E-state index is -0.401. The zero-order valence-corrected chi connectivity index (χ0v) is 8.56. The number of hydrogen-bond acceptors (Lipinski definition) is 2. The Morgan fingerprint density at radius 2 is 2.21 bits per heavy atom. The molecule has 0 unspecified atom stereocenters. The van der Waals surface area contributed by atoms with Gasteiger partial charge in [0.15, 0.2) is 0 Å². The summed E-state index contributed by atoms with van der Waals surface area (Å²) in [4.78, 5) is 0. The van der Waals surface area contributed by atoms with Gasteiger partial charge >= 0.3 is 0 Å². The fraction of sp³-hybridized carbons (Fsp3) is 0.400. The van der Waals surface area contributed by atoms with E-state index in [2.05, 4.69) is 0 Å². The molecule has 0 atom stereocenters. The van der Waals surface area contributed by atoms with Crippen LogP contribution in [0.3, 0.4) is 0 Å². The molecule has 0 radical (unpaired) electrons. The van der Waals surface area contributed by atoms with Crippen LogP contribution in [0.2, 0.25) is 5.02 Å².